The van der Waals surface area contributed by atoms with Gasteiger partial charge in [0.2, 0.25) is 0 Å². The second-order valence-electron chi connectivity index (χ2n) is 4.51. The second kappa shape index (κ2) is 7.29. The third-order valence-electron chi connectivity index (χ3n) is 3.06. The van der Waals surface area contributed by atoms with Crippen molar-refractivity contribution in [3.63, 3.8) is 0 Å². The van der Waals surface area contributed by atoms with Gasteiger partial charge < -0.3 is 14.8 Å². The summed E-state index contributed by atoms with van der Waals surface area (Å²) in [4.78, 5) is 0. The van der Waals surface area contributed by atoms with Crippen LogP contribution >= 0.6 is 11.6 Å². The Labute approximate surface area is 128 Å². The highest BCUT2D eigenvalue weighted by atomic mass is 35.5. The zero-order chi connectivity index (χ0) is 15.2. The number of halogens is 2. The zero-order valence-corrected chi connectivity index (χ0v) is 12.7. The summed E-state index contributed by atoms with van der Waals surface area (Å²) < 4.78 is 24.8. The van der Waals surface area contributed by atoms with E-state index in [0.29, 0.717) is 23.6 Å². The van der Waals surface area contributed by atoms with Gasteiger partial charge >= 0.3 is 0 Å². The number of rotatable bonds is 6. The summed E-state index contributed by atoms with van der Waals surface area (Å²) in [6.45, 7) is 0.758. The van der Waals surface area contributed by atoms with Gasteiger partial charge in [0.15, 0.2) is 0 Å². The van der Waals surface area contributed by atoms with Crippen molar-refractivity contribution in [2.45, 2.75) is 13.2 Å². The molecule has 3 nitrogen and oxygen atoms in total. The standard InChI is InChI=1S/C16H17ClFNO2/c1-19-9-11-6-7-13(20-2)8-15(11)21-10-12-4-3-5-14(17)16(12)18/h3-8,19H,9-10H2,1-2H3. The van der Waals surface area contributed by atoms with Crippen LogP contribution < -0.4 is 14.8 Å². The Hall–Kier alpha value is -1.78. The van der Waals surface area contributed by atoms with Crippen LogP contribution in [-0.2, 0) is 13.2 Å². The number of ether oxygens (including phenoxy) is 2. The van der Waals surface area contributed by atoms with Crippen LogP contribution in [0.4, 0.5) is 4.39 Å². The lowest BCUT2D eigenvalue weighted by atomic mass is 10.2. The largest absolute Gasteiger partial charge is 0.497 e. The average Bonchev–Trinajstić information content (AvgIpc) is 2.50. The van der Waals surface area contributed by atoms with Crippen molar-refractivity contribution in [1.29, 1.82) is 0 Å². The molecule has 0 unspecified atom stereocenters. The summed E-state index contributed by atoms with van der Waals surface area (Å²) in [5.74, 6) is 0.900. The molecule has 0 atom stereocenters. The molecule has 0 aliphatic rings. The Morgan fingerprint density at radius 1 is 1.19 bits per heavy atom. The van der Waals surface area contributed by atoms with E-state index < -0.39 is 5.82 Å². The molecule has 0 bridgehead atoms. The summed E-state index contributed by atoms with van der Waals surface area (Å²) in [6.07, 6.45) is 0. The van der Waals surface area contributed by atoms with Crippen LogP contribution in [0.3, 0.4) is 0 Å². The molecule has 1 N–H and O–H groups in total. The quantitative estimate of drug-likeness (QED) is 0.880. The molecule has 2 rings (SSSR count). The van der Waals surface area contributed by atoms with Gasteiger partial charge in [-0.25, -0.2) is 4.39 Å². The van der Waals surface area contributed by atoms with Gasteiger partial charge in [-0.05, 0) is 19.2 Å². The van der Waals surface area contributed by atoms with E-state index in [2.05, 4.69) is 5.32 Å². The molecular weight excluding hydrogens is 293 g/mol. The lowest BCUT2D eigenvalue weighted by Crippen LogP contribution is -2.08. The molecule has 0 heterocycles. The molecule has 0 saturated heterocycles. The maximum absolute atomic E-state index is 13.8. The monoisotopic (exact) mass is 309 g/mol. The van der Waals surface area contributed by atoms with Crippen molar-refractivity contribution >= 4 is 11.6 Å². The minimum Gasteiger partial charge on any atom is -0.497 e. The van der Waals surface area contributed by atoms with E-state index in [1.165, 1.54) is 6.07 Å². The van der Waals surface area contributed by atoms with Crippen LogP contribution in [0.2, 0.25) is 5.02 Å². The van der Waals surface area contributed by atoms with E-state index in [9.17, 15) is 4.39 Å². The van der Waals surface area contributed by atoms with E-state index >= 15 is 0 Å². The number of nitrogens with one attached hydrogen (secondary N) is 1. The minimum atomic E-state index is -0.447. The Balaban J connectivity index is 2.20. The first-order valence-corrected chi connectivity index (χ1v) is 6.90. The molecule has 0 fully saturated rings. The molecule has 0 amide bonds. The van der Waals surface area contributed by atoms with Gasteiger partial charge in [0.25, 0.3) is 0 Å². The fraction of sp³-hybridized carbons (Fsp3) is 0.250. The first-order chi connectivity index (χ1) is 10.2. The van der Waals surface area contributed by atoms with E-state index in [1.54, 1.807) is 25.3 Å². The van der Waals surface area contributed by atoms with Crippen LogP contribution in [0.15, 0.2) is 36.4 Å². The molecule has 5 heteroatoms. The zero-order valence-electron chi connectivity index (χ0n) is 12.0. The summed E-state index contributed by atoms with van der Waals surface area (Å²) >= 11 is 5.76. The van der Waals surface area contributed by atoms with Gasteiger partial charge in [0, 0.05) is 23.7 Å². The van der Waals surface area contributed by atoms with Crippen molar-refractivity contribution in [1.82, 2.24) is 5.32 Å². The van der Waals surface area contributed by atoms with E-state index in [0.717, 1.165) is 5.56 Å². The average molecular weight is 310 g/mol. The third kappa shape index (κ3) is 3.86. The number of hydrogen-bond acceptors (Lipinski definition) is 3. The third-order valence-corrected chi connectivity index (χ3v) is 3.35. The normalized spacial score (nSPS) is 10.5. The predicted molar refractivity (Wildman–Crippen MR) is 81.5 cm³/mol. The molecule has 0 aromatic heterocycles. The summed E-state index contributed by atoms with van der Waals surface area (Å²) in [6, 6.07) is 10.4. The van der Waals surface area contributed by atoms with Gasteiger partial charge in [-0.1, -0.05) is 29.8 Å². The highest BCUT2D eigenvalue weighted by Crippen LogP contribution is 2.26. The first-order valence-electron chi connectivity index (χ1n) is 6.53. The van der Waals surface area contributed by atoms with Crippen molar-refractivity contribution in [2.24, 2.45) is 0 Å². The molecule has 0 aliphatic carbocycles. The minimum absolute atomic E-state index is 0.0946. The molecule has 0 aliphatic heterocycles. The van der Waals surface area contributed by atoms with Gasteiger partial charge in [-0.3, -0.25) is 0 Å². The fourth-order valence-electron chi connectivity index (χ4n) is 1.95. The van der Waals surface area contributed by atoms with Crippen LogP contribution in [0.25, 0.3) is 0 Å². The van der Waals surface area contributed by atoms with Gasteiger partial charge in [0.05, 0.1) is 12.1 Å². The molecule has 112 valence electrons. The van der Waals surface area contributed by atoms with Gasteiger partial charge in [0.1, 0.15) is 23.9 Å². The summed E-state index contributed by atoms with van der Waals surface area (Å²) in [5.41, 5.74) is 1.39. The molecule has 0 saturated carbocycles. The van der Waals surface area contributed by atoms with Gasteiger partial charge in [-0.2, -0.15) is 0 Å². The molecule has 2 aromatic rings. The summed E-state index contributed by atoms with van der Waals surface area (Å²) in [5, 5.41) is 3.16. The molecule has 2 aromatic carbocycles. The smallest absolute Gasteiger partial charge is 0.148 e. The molecule has 21 heavy (non-hydrogen) atoms. The van der Waals surface area contributed by atoms with E-state index in [-0.39, 0.29) is 11.6 Å². The number of hydrogen-bond donors (Lipinski definition) is 1. The van der Waals surface area contributed by atoms with Crippen molar-refractivity contribution in [2.75, 3.05) is 14.2 Å². The van der Waals surface area contributed by atoms with Crippen molar-refractivity contribution in [3.8, 4) is 11.5 Å². The molecular formula is C16H17ClFNO2. The van der Waals surface area contributed by atoms with E-state index in [1.807, 2.05) is 19.2 Å². The Morgan fingerprint density at radius 2 is 2.00 bits per heavy atom. The van der Waals surface area contributed by atoms with Crippen LogP contribution in [0.1, 0.15) is 11.1 Å². The van der Waals surface area contributed by atoms with Crippen molar-refractivity contribution < 1.29 is 13.9 Å². The lowest BCUT2D eigenvalue weighted by molar-refractivity contribution is 0.294. The van der Waals surface area contributed by atoms with Crippen LogP contribution in [0.5, 0.6) is 11.5 Å². The first kappa shape index (κ1) is 15.6. The van der Waals surface area contributed by atoms with Crippen molar-refractivity contribution in [3.05, 3.63) is 58.4 Å². The van der Waals surface area contributed by atoms with Crippen LogP contribution in [-0.4, -0.2) is 14.2 Å². The predicted octanol–water partition coefficient (Wildman–Crippen LogP) is 3.79. The van der Waals surface area contributed by atoms with Crippen LogP contribution in [0, 0.1) is 5.82 Å². The maximum atomic E-state index is 13.8. The Morgan fingerprint density at radius 3 is 2.71 bits per heavy atom. The van der Waals surface area contributed by atoms with E-state index in [4.69, 9.17) is 21.1 Å². The number of benzene rings is 2. The summed E-state index contributed by atoms with van der Waals surface area (Å²) in [7, 11) is 3.44. The highest BCUT2D eigenvalue weighted by molar-refractivity contribution is 6.30. The highest BCUT2D eigenvalue weighted by Gasteiger charge is 2.09. The molecule has 0 radical (unpaired) electrons. The molecule has 0 spiro atoms. The van der Waals surface area contributed by atoms with Gasteiger partial charge in [-0.15, -0.1) is 0 Å². The Bertz CT molecular complexity index is 619. The topological polar surface area (TPSA) is 30.5 Å². The Kier molecular flexibility index (Phi) is 5.42. The lowest BCUT2D eigenvalue weighted by Gasteiger charge is -2.13. The fourth-order valence-corrected chi connectivity index (χ4v) is 2.14. The second-order valence-corrected chi connectivity index (χ2v) is 4.91. The number of methoxy groups -OCH3 is 1. The maximum Gasteiger partial charge on any atom is 0.148 e. The SMILES string of the molecule is CNCc1ccc(OC)cc1OCc1cccc(Cl)c1F.